The van der Waals surface area contributed by atoms with Crippen molar-refractivity contribution in [2.75, 3.05) is 26.2 Å². The quantitative estimate of drug-likeness (QED) is 0.638. The molecule has 29 heavy (non-hydrogen) atoms. The summed E-state index contributed by atoms with van der Waals surface area (Å²) in [7, 11) is -3.39. The second kappa shape index (κ2) is 9.89. The van der Waals surface area contributed by atoms with E-state index in [1.54, 1.807) is 24.3 Å². The predicted molar refractivity (Wildman–Crippen MR) is 112 cm³/mol. The van der Waals surface area contributed by atoms with Crippen molar-refractivity contribution in [3.63, 3.8) is 0 Å². The minimum atomic E-state index is -3.39. The van der Waals surface area contributed by atoms with Gasteiger partial charge in [0.15, 0.2) is 0 Å². The Bertz CT molecular complexity index is 920. The Morgan fingerprint density at radius 3 is 2.52 bits per heavy atom. The number of hydrogen-bond donors (Lipinski definition) is 1. The average molecular weight is 417 g/mol. The largest absolute Gasteiger partial charge is 0.492 e. The van der Waals surface area contributed by atoms with Gasteiger partial charge in [0.25, 0.3) is 0 Å². The van der Waals surface area contributed by atoms with Gasteiger partial charge in [-0.05, 0) is 61.6 Å². The Hall–Kier alpha value is -2.38. The predicted octanol–water partition coefficient (Wildman–Crippen LogP) is 2.91. The lowest BCUT2D eigenvalue weighted by Gasteiger charge is -2.15. The zero-order valence-corrected chi connectivity index (χ0v) is 17.6. The standard InChI is InChI=1S/C22H28N2O4S/c1-18-5-4-6-20(17-18)28-16-13-23-22(25)12-9-19-7-10-21(11-8-19)29(26,27)24-14-2-3-15-24/h4-8,10-11,17H,2-3,9,12-16H2,1H3,(H,23,25). The fourth-order valence-electron chi connectivity index (χ4n) is 3.32. The summed E-state index contributed by atoms with van der Waals surface area (Å²) in [5.74, 6) is 0.745. The van der Waals surface area contributed by atoms with Gasteiger partial charge in [-0.15, -0.1) is 0 Å². The summed E-state index contributed by atoms with van der Waals surface area (Å²) in [5.41, 5.74) is 2.07. The number of carbonyl (C=O) groups excluding carboxylic acids is 1. The fourth-order valence-corrected chi connectivity index (χ4v) is 4.83. The third-order valence-corrected chi connectivity index (χ3v) is 6.86. The Labute approximate surface area is 172 Å². The summed E-state index contributed by atoms with van der Waals surface area (Å²) in [6, 6.07) is 14.6. The van der Waals surface area contributed by atoms with Crippen LogP contribution in [0, 0.1) is 6.92 Å². The molecule has 1 amide bonds. The van der Waals surface area contributed by atoms with Crippen LogP contribution in [-0.4, -0.2) is 44.9 Å². The first-order chi connectivity index (χ1) is 13.9. The maximum Gasteiger partial charge on any atom is 0.243 e. The third kappa shape index (κ3) is 6.05. The highest BCUT2D eigenvalue weighted by Gasteiger charge is 2.26. The van der Waals surface area contributed by atoms with Crippen LogP contribution >= 0.6 is 0 Å². The Kier molecular flexibility index (Phi) is 7.28. The minimum Gasteiger partial charge on any atom is -0.492 e. The molecule has 0 atom stereocenters. The molecule has 2 aromatic carbocycles. The van der Waals surface area contributed by atoms with Crippen molar-refractivity contribution in [1.29, 1.82) is 0 Å². The summed E-state index contributed by atoms with van der Waals surface area (Å²) < 4.78 is 32.2. The molecule has 0 unspecified atom stereocenters. The molecule has 0 aromatic heterocycles. The fraction of sp³-hybridized carbons (Fsp3) is 0.409. The molecule has 1 aliphatic heterocycles. The highest BCUT2D eigenvalue weighted by atomic mass is 32.2. The molecule has 1 saturated heterocycles. The summed E-state index contributed by atoms with van der Waals surface area (Å²) in [5, 5.41) is 2.84. The number of sulfonamides is 1. The van der Waals surface area contributed by atoms with Gasteiger partial charge in [-0.2, -0.15) is 4.31 Å². The molecule has 1 aliphatic rings. The molecular weight excluding hydrogens is 388 g/mol. The number of rotatable bonds is 9. The maximum absolute atomic E-state index is 12.5. The molecule has 1 fully saturated rings. The van der Waals surface area contributed by atoms with Crippen LogP contribution in [-0.2, 0) is 21.2 Å². The van der Waals surface area contributed by atoms with E-state index >= 15 is 0 Å². The average Bonchev–Trinajstić information content (AvgIpc) is 3.26. The molecule has 0 aliphatic carbocycles. The van der Waals surface area contributed by atoms with Gasteiger partial charge in [0.2, 0.25) is 15.9 Å². The van der Waals surface area contributed by atoms with Gasteiger partial charge in [0.1, 0.15) is 12.4 Å². The van der Waals surface area contributed by atoms with Crippen molar-refractivity contribution < 1.29 is 17.9 Å². The van der Waals surface area contributed by atoms with Gasteiger partial charge in [-0.3, -0.25) is 4.79 Å². The maximum atomic E-state index is 12.5. The lowest BCUT2D eigenvalue weighted by Crippen LogP contribution is -2.28. The number of nitrogens with one attached hydrogen (secondary N) is 1. The number of nitrogens with zero attached hydrogens (tertiary/aromatic N) is 1. The van der Waals surface area contributed by atoms with E-state index in [0.717, 1.165) is 29.7 Å². The van der Waals surface area contributed by atoms with Crippen LogP contribution in [0.5, 0.6) is 5.75 Å². The highest BCUT2D eigenvalue weighted by molar-refractivity contribution is 7.89. The molecule has 156 valence electrons. The molecule has 1 N–H and O–H groups in total. The molecule has 0 radical (unpaired) electrons. The van der Waals surface area contributed by atoms with E-state index in [0.29, 0.717) is 44.0 Å². The number of aryl methyl sites for hydroxylation is 2. The number of carbonyl (C=O) groups is 1. The first-order valence-electron chi connectivity index (χ1n) is 10.0. The van der Waals surface area contributed by atoms with E-state index < -0.39 is 10.0 Å². The lowest BCUT2D eigenvalue weighted by atomic mass is 10.1. The lowest BCUT2D eigenvalue weighted by molar-refractivity contribution is -0.121. The van der Waals surface area contributed by atoms with E-state index in [-0.39, 0.29) is 5.91 Å². The molecule has 0 spiro atoms. The molecule has 3 rings (SSSR count). The van der Waals surface area contributed by atoms with Crippen LogP contribution in [0.25, 0.3) is 0 Å². The minimum absolute atomic E-state index is 0.0494. The second-order valence-electron chi connectivity index (χ2n) is 7.27. The Balaban J connectivity index is 1.39. The van der Waals surface area contributed by atoms with Crippen LogP contribution in [0.4, 0.5) is 0 Å². The van der Waals surface area contributed by atoms with Crippen LogP contribution in [0.1, 0.15) is 30.4 Å². The molecule has 0 bridgehead atoms. The van der Waals surface area contributed by atoms with Crippen molar-refractivity contribution in [3.8, 4) is 5.75 Å². The SMILES string of the molecule is Cc1cccc(OCCNC(=O)CCc2ccc(S(=O)(=O)N3CCCC3)cc2)c1. The van der Waals surface area contributed by atoms with Crippen LogP contribution in [0.3, 0.4) is 0 Å². The van der Waals surface area contributed by atoms with Crippen molar-refractivity contribution in [2.24, 2.45) is 0 Å². The van der Waals surface area contributed by atoms with Crippen LogP contribution in [0.2, 0.25) is 0 Å². The molecule has 2 aromatic rings. The van der Waals surface area contributed by atoms with Gasteiger partial charge >= 0.3 is 0 Å². The normalized spacial score (nSPS) is 14.7. The van der Waals surface area contributed by atoms with Gasteiger partial charge in [-0.1, -0.05) is 24.3 Å². The number of amides is 1. The summed E-state index contributed by atoms with van der Waals surface area (Å²) >= 11 is 0. The van der Waals surface area contributed by atoms with E-state index in [2.05, 4.69) is 5.32 Å². The van der Waals surface area contributed by atoms with E-state index in [1.165, 1.54) is 4.31 Å². The van der Waals surface area contributed by atoms with Crippen LogP contribution in [0.15, 0.2) is 53.4 Å². The van der Waals surface area contributed by atoms with Gasteiger partial charge in [-0.25, -0.2) is 8.42 Å². The van der Waals surface area contributed by atoms with Crippen molar-refractivity contribution in [3.05, 3.63) is 59.7 Å². The van der Waals surface area contributed by atoms with Crippen molar-refractivity contribution in [1.82, 2.24) is 9.62 Å². The van der Waals surface area contributed by atoms with E-state index in [9.17, 15) is 13.2 Å². The van der Waals surface area contributed by atoms with Gasteiger partial charge in [0.05, 0.1) is 11.4 Å². The monoisotopic (exact) mass is 416 g/mol. The van der Waals surface area contributed by atoms with E-state index in [4.69, 9.17) is 4.74 Å². The van der Waals surface area contributed by atoms with Crippen LogP contribution < -0.4 is 10.1 Å². The van der Waals surface area contributed by atoms with Crippen molar-refractivity contribution >= 4 is 15.9 Å². The number of hydrogen-bond acceptors (Lipinski definition) is 4. The molecule has 0 saturated carbocycles. The second-order valence-corrected chi connectivity index (χ2v) is 9.21. The Morgan fingerprint density at radius 2 is 1.83 bits per heavy atom. The summed E-state index contributed by atoms with van der Waals surface area (Å²) in [6.07, 6.45) is 2.75. The van der Waals surface area contributed by atoms with Crippen molar-refractivity contribution in [2.45, 2.75) is 37.5 Å². The third-order valence-electron chi connectivity index (χ3n) is 4.95. The summed E-state index contributed by atoms with van der Waals surface area (Å²) in [4.78, 5) is 12.3. The molecule has 7 heteroatoms. The topological polar surface area (TPSA) is 75.7 Å². The van der Waals surface area contributed by atoms with Gasteiger partial charge in [0, 0.05) is 19.5 Å². The van der Waals surface area contributed by atoms with E-state index in [1.807, 2.05) is 31.2 Å². The molecule has 1 heterocycles. The smallest absolute Gasteiger partial charge is 0.243 e. The van der Waals surface area contributed by atoms with Gasteiger partial charge < -0.3 is 10.1 Å². The first-order valence-corrected chi connectivity index (χ1v) is 11.4. The zero-order chi connectivity index (χ0) is 20.7. The zero-order valence-electron chi connectivity index (χ0n) is 16.8. The number of ether oxygens (including phenoxy) is 1. The number of benzene rings is 2. The summed E-state index contributed by atoms with van der Waals surface area (Å²) in [6.45, 7) is 4.05. The first kappa shape index (κ1) is 21.3. The highest BCUT2D eigenvalue weighted by Crippen LogP contribution is 2.21. The molecule has 6 nitrogen and oxygen atoms in total. The Morgan fingerprint density at radius 1 is 1.10 bits per heavy atom. The molecular formula is C22H28N2O4S.